The van der Waals surface area contributed by atoms with Gasteiger partial charge in [0, 0.05) is 24.3 Å². The third-order valence-electron chi connectivity index (χ3n) is 3.00. The fourth-order valence-electron chi connectivity index (χ4n) is 1.85. The highest BCUT2D eigenvalue weighted by Crippen LogP contribution is 2.21. The molecule has 0 N–H and O–H groups in total. The van der Waals surface area contributed by atoms with E-state index in [9.17, 15) is 9.18 Å². The summed E-state index contributed by atoms with van der Waals surface area (Å²) >= 11 is 11.9. The Hall–Kier alpha value is -1.85. The summed E-state index contributed by atoms with van der Waals surface area (Å²) in [5.41, 5.74) is 1.46. The average molecular weight is 343 g/mol. The summed E-state index contributed by atoms with van der Waals surface area (Å²) in [6, 6.07) is 4.27. The highest BCUT2D eigenvalue weighted by Gasteiger charge is 2.11. The van der Waals surface area contributed by atoms with Crippen LogP contribution in [0.1, 0.15) is 16.8 Å². The SMILES string of the molecule is Cc1nn(C)c(Cl)c1/C=C/C(=O)OCc1c(F)cccc1Cl. The Morgan fingerprint density at radius 1 is 1.45 bits per heavy atom. The van der Waals surface area contributed by atoms with Crippen LogP contribution in [0.5, 0.6) is 0 Å². The van der Waals surface area contributed by atoms with Crippen LogP contribution in [0.2, 0.25) is 10.2 Å². The Labute approximate surface area is 137 Å². The van der Waals surface area contributed by atoms with Crippen molar-refractivity contribution in [3.8, 4) is 0 Å². The van der Waals surface area contributed by atoms with Crippen molar-refractivity contribution < 1.29 is 13.9 Å². The number of halogens is 3. The number of aromatic nitrogens is 2. The molecule has 4 nitrogen and oxygen atoms in total. The summed E-state index contributed by atoms with van der Waals surface area (Å²) in [4.78, 5) is 11.7. The minimum absolute atomic E-state index is 0.140. The van der Waals surface area contributed by atoms with Gasteiger partial charge in [0.2, 0.25) is 0 Å². The Bertz CT molecular complexity index is 721. The topological polar surface area (TPSA) is 44.1 Å². The average Bonchev–Trinajstić information content (AvgIpc) is 2.69. The van der Waals surface area contributed by atoms with E-state index in [0.717, 1.165) is 0 Å². The Morgan fingerprint density at radius 2 is 2.18 bits per heavy atom. The van der Waals surface area contributed by atoms with E-state index in [1.807, 2.05) is 0 Å². The fraction of sp³-hybridized carbons (Fsp3) is 0.200. The van der Waals surface area contributed by atoms with Gasteiger partial charge in [-0.25, -0.2) is 9.18 Å². The normalized spacial score (nSPS) is 11.1. The summed E-state index contributed by atoms with van der Waals surface area (Å²) in [5.74, 6) is -1.14. The molecule has 0 aliphatic heterocycles. The quantitative estimate of drug-likeness (QED) is 0.624. The number of esters is 1. The van der Waals surface area contributed by atoms with Crippen LogP contribution >= 0.6 is 23.2 Å². The molecular formula is C15H13Cl2FN2O2. The van der Waals surface area contributed by atoms with Gasteiger partial charge in [-0.15, -0.1) is 0 Å². The van der Waals surface area contributed by atoms with Crippen molar-refractivity contribution in [2.45, 2.75) is 13.5 Å². The lowest BCUT2D eigenvalue weighted by Gasteiger charge is -2.05. The number of hydrogen-bond donors (Lipinski definition) is 0. The molecule has 1 heterocycles. The van der Waals surface area contributed by atoms with E-state index in [2.05, 4.69) is 5.10 Å². The van der Waals surface area contributed by atoms with Crippen LogP contribution in [-0.2, 0) is 23.2 Å². The number of aryl methyl sites for hydroxylation is 2. The van der Waals surface area contributed by atoms with Gasteiger partial charge in [0.05, 0.1) is 10.7 Å². The van der Waals surface area contributed by atoms with Crippen molar-refractivity contribution >= 4 is 35.2 Å². The minimum Gasteiger partial charge on any atom is -0.457 e. The molecule has 0 aliphatic carbocycles. The molecule has 0 atom stereocenters. The van der Waals surface area contributed by atoms with Crippen molar-refractivity contribution in [3.63, 3.8) is 0 Å². The molecule has 22 heavy (non-hydrogen) atoms. The predicted molar refractivity (Wildman–Crippen MR) is 83.2 cm³/mol. The molecule has 7 heteroatoms. The molecule has 116 valence electrons. The summed E-state index contributed by atoms with van der Waals surface area (Å²) in [5, 5.41) is 4.75. The number of rotatable bonds is 4. The number of nitrogens with zero attached hydrogens (tertiary/aromatic N) is 2. The lowest BCUT2D eigenvalue weighted by molar-refractivity contribution is -0.138. The maximum Gasteiger partial charge on any atom is 0.331 e. The molecule has 0 saturated carbocycles. The molecule has 0 unspecified atom stereocenters. The number of hydrogen-bond acceptors (Lipinski definition) is 3. The van der Waals surface area contributed by atoms with Gasteiger partial charge in [0.25, 0.3) is 0 Å². The van der Waals surface area contributed by atoms with Crippen LogP contribution < -0.4 is 0 Å². The second-order valence-corrected chi connectivity index (χ2v) is 5.32. The third-order valence-corrected chi connectivity index (χ3v) is 3.81. The van der Waals surface area contributed by atoms with E-state index < -0.39 is 11.8 Å². The van der Waals surface area contributed by atoms with Crippen LogP contribution in [0.25, 0.3) is 6.08 Å². The molecular weight excluding hydrogens is 330 g/mol. The minimum atomic E-state index is -0.626. The number of benzene rings is 1. The van der Waals surface area contributed by atoms with E-state index in [0.29, 0.717) is 16.4 Å². The van der Waals surface area contributed by atoms with E-state index in [4.69, 9.17) is 27.9 Å². The van der Waals surface area contributed by atoms with Crippen molar-refractivity contribution in [2.24, 2.45) is 7.05 Å². The van der Waals surface area contributed by atoms with Gasteiger partial charge in [-0.2, -0.15) is 5.10 Å². The van der Waals surface area contributed by atoms with Gasteiger partial charge >= 0.3 is 5.97 Å². The molecule has 0 radical (unpaired) electrons. The summed E-state index contributed by atoms with van der Waals surface area (Å²) in [6.07, 6.45) is 2.72. The second-order valence-electron chi connectivity index (χ2n) is 4.55. The van der Waals surface area contributed by atoms with Gasteiger partial charge < -0.3 is 4.74 Å². The molecule has 0 spiro atoms. The first-order valence-corrected chi connectivity index (χ1v) is 7.12. The molecule has 0 saturated heterocycles. The standard InChI is InChI=1S/C15H13Cl2FN2O2/c1-9-10(15(17)20(2)19-9)6-7-14(21)22-8-11-12(16)4-3-5-13(11)18/h3-7H,8H2,1-2H3/b7-6+. The van der Waals surface area contributed by atoms with Gasteiger partial charge in [0.1, 0.15) is 17.6 Å². The molecule has 2 aromatic rings. The second kappa shape index (κ2) is 6.94. The van der Waals surface area contributed by atoms with Crippen molar-refractivity contribution in [3.05, 3.63) is 57.1 Å². The fourth-order valence-corrected chi connectivity index (χ4v) is 2.30. The molecule has 1 aromatic heterocycles. The molecule has 2 rings (SSSR count). The van der Waals surface area contributed by atoms with Gasteiger partial charge in [-0.1, -0.05) is 29.3 Å². The predicted octanol–water partition coefficient (Wildman–Crippen LogP) is 3.93. The number of ether oxygens (including phenoxy) is 1. The third kappa shape index (κ3) is 3.67. The van der Waals surface area contributed by atoms with Crippen LogP contribution in [0, 0.1) is 12.7 Å². The monoisotopic (exact) mass is 342 g/mol. The molecule has 0 aliphatic rings. The summed E-state index contributed by atoms with van der Waals surface area (Å²) in [7, 11) is 1.70. The van der Waals surface area contributed by atoms with Gasteiger partial charge in [-0.3, -0.25) is 4.68 Å². The molecule has 1 aromatic carbocycles. The smallest absolute Gasteiger partial charge is 0.331 e. The van der Waals surface area contributed by atoms with Gasteiger partial charge in [-0.05, 0) is 25.1 Å². The maximum atomic E-state index is 13.5. The number of carbonyl (C=O) groups excluding carboxylic acids is 1. The first-order chi connectivity index (χ1) is 10.4. The highest BCUT2D eigenvalue weighted by atomic mass is 35.5. The first-order valence-electron chi connectivity index (χ1n) is 6.37. The van der Waals surface area contributed by atoms with Crippen LogP contribution in [0.4, 0.5) is 4.39 Å². The highest BCUT2D eigenvalue weighted by molar-refractivity contribution is 6.31. The zero-order chi connectivity index (χ0) is 16.3. The molecule has 0 fully saturated rings. The van der Waals surface area contributed by atoms with E-state index in [1.54, 1.807) is 14.0 Å². The van der Waals surface area contributed by atoms with Gasteiger partial charge in [0.15, 0.2) is 0 Å². The van der Waals surface area contributed by atoms with Crippen LogP contribution in [-0.4, -0.2) is 15.7 Å². The van der Waals surface area contributed by atoms with Crippen LogP contribution in [0.3, 0.4) is 0 Å². The summed E-state index contributed by atoms with van der Waals surface area (Å²) in [6.45, 7) is 1.53. The van der Waals surface area contributed by atoms with Crippen LogP contribution in [0.15, 0.2) is 24.3 Å². The lowest BCUT2D eigenvalue weighted by atomic mass is 10.2. The largest absolute Gasteiger partial charge is 0.457 e. The van der Waals surface area contributed by atoms with Crippen molar-refractivity contribution in [1.29, 1.82) is 0 Å². The molecule has 0 bridgehead atoms. The Morgan fingerprint density at radius 3 is 2.77 bits per heavy atom. The summed E-state index contributed by atoms with van der Waals surface area (Å²) < 4.78 is 20.0. The maximum absolute atomic E-state index is 13.5. The van der Waals surface area contributed by atoms with E-state index >= 15 is 0 Å². The number of carbonyl (C=O) groups is 1. The van der Waals surface area contributed by atoms with Crippen molar-refractivity contribution in [1.82, 2.24) is 9.78 Å². The Kier molecular flexibility index (Phi) is 5.21. The first kappa shape index (κ1) is 16.5. The zero-order valence-electron chi connectivity index (χ0n) is 11.9. The Balaban J connectivity index is 2.03. The lowest BCUT2D eigenvalue weighted by Crippen LogP contribution is -2.03. The zero-order valence-corrected chi connectivity index (χ0v) is 13.5. The molecule has 0 amide bonds. The van der Waals surface area contributed by atoms with E-state index in [-0.39, 0.29) is 17.2 Å². The van der Waals surface area contributed by atoms with E-state index in [1.165, 1.54) is 35.0 Å². The van der Waals surface area contributed by atoms with Crippen molar-refractivity contribution in [2.75, 3.05) is 0 Å².